The molecule has 388 valence electrons. The van der Waals surface area contributed by atoms with Crippen LogP contribution in [0.25, 0.3) is 0 Å². The lowest BCUT2D eigenvalue weighted by molar-refractivity contribution is -0.332. The fraction of sp³-hybridized carbons (Fsp3) is 0.792. The first-order valence-corrected chi connectivity index (χ1v) is 25.9. The van der Waals surface area contributed by atoms with E-state index in [1.807, 2.05) is 0 Å². The number of ether oxygens (including phenoxy) is 6. The number of hydrogen-bond acceptors (Lipinski definition) is 14. The molecule has 14 heteroatoms. The summed E-state index contributed by atoms with van der Waals surface area (Å²) in [5.74, 6) is -0.394. The highest BCUT2D eigenvalue weighted by Crippen LogP contribution is 2.26. The topological polar surface area (TPSA) is 214 Å². The molecule has 0 aromatic carbocycles. The third-order valence-corrected chi connectivity index (χ3v) is 12.0. The first kappa shape index (κ1) is 60.8. The van der Waals surface area contributed by atoms with Gasteiger partial charge in [-0.15, -0.1) is 0 Å². The Balaban J connectivity index is 1.78. The number of aliphatic hydroxyl groups is 7. The number of carbonyl (C=O) groups is 1. The zero-order chi connectivity index (χ0) is 48.7. The number of hydrogen-bond donors (Lipinski definition) is 7. The SMILES string of the molecule is CC/C=C\C/C=C\C/C=C\C/C=C\CCCCCCCOCC(COC1OC(COC2OC(CO)C(O)C(O)C2O)C(O)C(O)C1O)OC(=O)CCCCCCC/C=C\CCCCCCCC. The average Bonchev–Trinajstić information content (AvgIpc) is 3.32. The fourth-order valence-corrected chi connectivity index (χ4v) is 7.80. The Morgan fingerprint density at radius 3 is 1.54 bits per heavy atom. The summed E-state index contributed by atoms with van der Waals surface area (Å²) in [6.45, 7) is 3.50. The van der Waals surface area contributed by atoms with Gasteiger partial charge in [0.05, 0.1) is 26.4 Å². The number of carbonyl (C=O) groups excluding carboxylic acids is 1. The number of rotatable bonds is 40. The molecule has 11 atom stereocenters. The van der Waals surface area contributed by atoms with Crippen molar-refractivity contribution in [1.82, 2.24) is 0 Å². The van der Waals surface area contributed by atoms with Crippen LogP contribution in [0.1, 0.15) is 168 Å². The summed E-state index contributed by atoms with van der Waals surface area (Å²) in [5, 5.41) is 72.1. The van der Waals surface area contributed by atoms with Crippen molar-refractivity contribution in [2.75, 3.05) is 33.0 Å². The quantitative estimate of drug-likeness (QED) is 0.0178. The second-order valence-corrected chi connectivity index (χ2v) is 18.0. The Labute approximate surface area is 403 Å². The summed E-state index contributed by atoms with van der Waals surface area (Å²) in [6, 6.07) is 0. The van der Waals surface area contributed by atoms with Crippen molar-refractivity contribution >= 4 is 5.97 Å². The molecule has 0 saturated carbocycles. The molecule has 7 N–H and O–H groups in total. The van der Waals surface area contributed by atoms with Gasteiger partial charge >= 0.3 is 5.97 Å². The van der Waals surface area contributed by atoms with Crippen LogP contribution in [-0.4, -0.2) is 142 Å². The van der Waals surface area contributed by atoms with Gasteiger partial charge in [0.25, 0.3) is 0 Å². The molecule has 2 aliphatic heterocycles. The molecule has 0 radical (unpaired) electrons. The van der Waals surface area contributed by atoms with E-state index in [1.165, 1.54) is 38.5 Å². The van der Waals surface area contributed by atoms with Crippen LogP contribution in [0.5, 0.6) is 0 Å². The Hall–Kier alpha value is -2.31. The van der Waals surface area contributed by atoms with Gasteiger partial charge in [0.1, 0.15) is 54.9 Å². The predicted molar refractivity (Wildman–Crippen MR) is 261 cm³/mol. The maximum absolute atomic E-state index is 13.0. The lowest BCUT2D eigenvalue weighted by Gasteiger charge is -2.42. The summed E-state index contributed by atoms with van der Waals surface area (Å²) >= 11 is 0. The summed E-state index contributed by atoms with van der Waals surface area (Å²) in [6.07, 6.45) is 31.3. The Morgan fingerprint density at radius 2 is 0.970 bits per heavy atom. The third kappa shape index (κ3) is 28.2. The molecule has 2 rings (SSSR count). The highest BCUT2D eigenvalue weighted by atomic mass is 16.7. The highest BCUT2D eigenvalue weighted by molar-refractivity contribution is 5.69. The number of allylic oxidation sites excluding steroid dienone is 10. The molecule has 0 aromatic heterocycles. The van der Waals surface area contributed by atoms with E-state index < -0.39 is 86.7 Å². The van der Waals surface area contributed by atoms with Crippen molar-refractivity contribution < 1.29 is 69.0 Å². The van der Waals surface area contributed by atoms with Crippen molar-refractivity contribution in [2.45, 2.75) is 235 Å². The lowest BCUT2D eigenvalue weighted by Crippen LogP contribution is -2.61. The molecule has 0 bridgehead atoms. The molecule has 2 heterocycles. The van der Waals surface area contributed by atoms with Crippen molar-refractivity contribution in [3.8, 4) is 0 Å². The van der Waals surface area contributed by atoms with Crippen LogP contribution in [0, 0.1) is 0 Å². The van der Waals surface area contributed by atoms with Crippen LogP contribution in [0.4, 0.5) is 0 Å². The van der Waals surface area contributed by atoms with Gasteiger partial charge in [0.15, 0.2) is 12.6 Å². The molecule has 0 spiro atoms. The van der Waals surface area contributed by atoms with E-state index in [1.54, 1.807) is 0 Å². The van der Waals surface area contributed by atoms with Crippen molar-refractivity contribution in [3.63, 3.8) is 0 Å². The molecule has 67 heavy (non-hydrogen) atoms. The molecule has 0 aliphatic carbocycles. The predicted octanol–water partition coefficient (Wildman–Crippen LogP) is 7.74. The molecule has 14 nitrogen and oxygen atoms in total. The van der Waals surface area contributed by atoms with Gasteiger partial charge in [-0.1, -0.05) is 145 Å². The second kappa shape index (κ2) is 40.4. The van der Waals surface area contributed by atoms with E-state index in [-0.39, 0.29) is 19.6 Å². The third-order valence-electron chi connectivity index (χ3n) is 12.0. The maximum atomic E-state index is 13.0. The Morgan fingerprint density at radius 1 is 0.507 bits per heavy atom. The van der Waals surface area contributed by atoms with Crippen molar-refractivity contribution in [3.05, 3.63) is 60.8 Å². The second-order valence-electron chi connectivity index (χ2n) is 18.0. The fourth-order valence-electron chi connectivity index (χ4n) is 7.80. The van der Waals surface area contributed by atoms with Crippen molar-refractivity contribution in [1.29, 1.82) is 0 Å². The lowest BCUT2D eigenvalue weighted by atomic mass is 9.98. The van der Waals surface area contributed by atoms with Gasteiger partial charge in [-0.2, -0.15) is 0 Å². The molecular formula is C53H92O14. The Kier molecular flexibility index (Phi) is 36.7. The zero-order valence-corrected chi connectivity index (χ0v) is 41.1. The van der Waals surface area contributed by atoms with Gasteiger partial charge in [0, 0.05) is 13.0 Å². The first-order valence-electron chi connectivity index (χ1n) is 25.9. The number of esters is 1. The normalized spacial score (nSPS) is 26.6. The van der Waals surface area contributed by atoms with Gasteiger partial charge in [0.2, 0.25) is 0 Å². The molecule has 2 fully saturated rings. The van der Waals surface area contributed by atoms with E-state index in [4.69, 9.17) is 28.4 Å². The van der Waals surface area contributed by atoms with Gasteiger partial charge in [-0.3, -0.25) is 4.79 Å². The number of unbranched alkanes of at least 4 members (excludes halogenated alkanes) is 16. The van der Waals surface area contributed by atoms with Crippen LogP contribution in [0.2, 0.25) is 0 Å². The molecule has 0 amide bonds. The van der Waals surface area contributed by atoms with Gasteiger partial charge < -0.3 is 64.2 Å². The first-order chi connectivity index (χ1) is 32.6. The molecule has 11 unspecified atom stereocenters. The summed E-state index contributed by atoms with van der Waals surface area (Å²) in [7, 11) is 0. The van der Waals surface area contributed by atoms with Crippen LogP contribution in [-0.2, 0) is 33.2 Å². The van der Waals surface area contributed by atoms with E-state index >= 15 is 0 Å². The smallest absolute Gasteiger partial charge is 0.306 e. The summed E-state index contributed by atoms with van der Waals surface area (Å²) < 4.78 is 34.2. The van der Waals surface area contributed by atoms with E-state index in [0.717, 1.165) is 103 Å². The van der Waals surface area contributed by atoms with Crippen LogP contribution in [0.15, 0.2) is 60.8 Å². The maximum Gasteiger partial charge on any atom is 0.306 e. The summed E-state index contributed by atoms with van der Waals surface area (Å²) in [5.41, 5.74) is 0. The molecular weight excluding hydrogens is 861 g/mol. The minimum Gasteiger partial charge on any atom is -0.457 e. The van der Waals surface area contributed by atoms with Crippen LogP contribution in [0.3, 0.4) is 0 Å². The monoisotopic (exact) mass is 953 g/mol. The van der Waals surface area contributed by atoms with Crippen LogP contribution < -0.4 is 0 Å². The average molecular weight is 953 g/mol. The Bertz CT molecular complexity index is 1340. The molecule has 0 aromatic rings. The largest absolute Gasteiger partial charge is 0.457 e. The number of aliphatic hydroxyl groups excluding tert-OH is 7. The molecule has 2 aliphatic rings. The van der Waals surface area contributed by atoms with Crippen LogP contribution >= 0.6 is 0 Å². The summed E-state index contributed by atoms with van der Waals surface area (Å²) in [4.78, 5) is 13.0. The van der Waals surface area contributed by atoms with Gasteiger partial charge in [-0.05, 0) is 77.0 Å². The minimum atomic E-state index is -1.71. The van der Waals surface area contributed by atoms with Crippen molar-refractivity contribution in [2.24, 2.45) is 0 Å². The standard InChI is InChI=1S/C53H92O14/c1-3-5-7-9-11-13-15-17-19-20-21-23-25-27-29-31-33-35-37-62-39-42(65-45(55)36-34-32-30-28-26-24-22-18-16-14-12-10-8-6-4-2)40-63-52-51(61)49(59)47(57)44(67-52)41-64-53-50(60)48(58)46(56)43(38-54)66-53/h5,7,11,13,17-19,21-23,42-44,46-54,56-61H,3-4,6,8-10,12,14-16,20,24-41H2,1-2H3/b7-5-,13-11-,19-17-,22-18-,23-21-. The minimum absolute atomic E-state index is 0.0432. The molecule has 2 saturated heterocycles. The van der Waals surface area contributed by atoms with E-state index in [0.29, 0.717) is 13.0 Å². The van der Waals surface area contributed by atoms with E-state index in [9.17, 15) is 40.5 Å². The van der Waals surface area contributed by atoms with E-state index in [2.05, 4.69) is 74.6 Å². The zero-order valence-electron chi connectivity index (χ0n) is 41.1. The highest BCUT2D eigenvalue weighted by Gasteiger charge is 2.47. The van der Waals surface area contributed by atoms with Gasteiger partial charge in [-0.25, -0.2) is 0 Å².